The highest BCUT2D eigenvalue weighted by Crippen LogP contribution is 2.55. The van der Waals surface area contributed by atoms with Gasteiger partial charge in [-0.15, -0.1) is 0 Å². The summed E-state index contributed by atoms with van der Waals surface area (Å²) in [5.74, 6) is -0.383. The molecule has 0 aromatic rings. The van der Waals surface area contributed by atoms with Gasteiger partial charge in [0.05, 0.1) is 18.8 Å². The summed E-state index contributed by atoms with van der Waals surface area (Å²) in [7, 11) is 0. The highest BCUT2D eigenvalue weighted by molar-refractivity contribution is 5.07. The fraction of sp³-hybridized carbons (Fsp3) is 1.00. The van der Waals surface area contributed by atoms with Crippen molar-refractivity contribution >= 4 is 0 Å². The molecule has 2 saturated carbocycles. The van der Waals surface area contributed by atoms with Crippen LogP contribution in [0.3, 0.4) is 0 Å². The molecule has 4 heteroatoms. The fourth-order valence-electron chi connectivity index (χ4n) is 3.82. The summed E-state index contributed by atoms with van der Waals surface area (Å²) < 4.78 is 11.4. The van der Waals surface area contributed by atoms with Crippen LogP contribution in [0.1, 0.15) is 44.9 Å². The minimum absolute atomic E-state index is 0.0206. The lowest BCUT2D eigenvalue weighted by Gasteiger charge is -2.56. The molecule has 1 saturated heterocycles. The van der Waals surface area contributed by atoms with Gasteiger partial charge in [-0.05, 0) is 25.7 Å². The van der Waals surface area contributed by atoms with Crippen molar-refractivity contribution in [2.24, 2.45) is 11.1 Å². The van der Waals surface area contributed by atoms with E-state index in [4.69, 9.17) is 15.2 Å². The van der Waals surface area contributed by atoms with Crippen LogP contribution in [-0.2, 0) is 9.47 Å². The van der Waals surface area contributed by atoms with Crippen molar-refractivity contribution in [1.29, 1.82) is 0 Å². The van der Waals surface area contributed by atoms with Crippen molar-refractivity contribution in [3.63, 3.8) is 0 Å². The molecule has 0 bridgehead atoms. The van der Waals surface area contributed by atoms with Gasteiger partial charge in [0, 0.05) is 24.8 Å². The van der Waals surface area contributed by atoms with E-state index in [2.05, 4.69) is 0 Å². The average Bonchev–Trinajstić information content (AvgIpc) is 2.72. The Labute approximate surface area is 102 Å². The molecular weight excluding hydrogens is 218 g/mol. The number of hydrogen-bond acceptors (Lipinski definition) is 4. The Balaban J connectivity index is 1.70. The number of nitrogens with two attached hydrogens (primary N) is 1. The van der Waals surface area contributed by atoms with E-state index in [1.807, 2.05) is 0 Å². The summed E-state index contributed by atoms with van der Waals surface area (Å²) in [5, 5.41) is 10.9. The van der Waals surface area contributed by atoms with E-state index in [9.17, 15) is 5.11 Å². The van der Waals surface area contributed by atoms with Gasteiger partial charge in [0.15, 0.2) is 5.79 Å². The largest absolute Gasteiger partial charge is 0.389 e. The lowest BCUT2D eigenvalue weighted by atomic mass is 9.54. The summed E-state index contributed by atoms with van der Waals surface area (Å²) in [6.07, 6.45) is 6.52. The molecule has 0 aromatic carbocycles. The van der Waals surface area contributed by atoms with Gasteiger partial charge in [0.2, 0.25) is 0 Å². The van der Waals surface area contributed by atoms with Crippen LogP contribution in [0.25, 0.3) is 0 Å². The lowest BCUT2D eigenvalue weighted by molar-refractivity contribution is -0.231. The molecule has 1 aliphatic heterocycles. The summed E-state index contributed by atoms with van der Waals surface area (Å²) in [5.41, 5.74) is 5.30. The van der Waals surface area contributed by atoms with Crippen LogP contribution in [0.2, 0.25) is 0 Å². The highest BCUT2D eigenvalue weighted by Gasteiger charge is 2.57. The third-order valence-corrected chi connectivity index (χ3v) is 5.34. The molecule has 0 aromatic heterocycles. The second-order valence-corrected chi connectivity index (χ2v) is 5.98. The van der Waals surface area contributed by atoms with Crippen LogP contribution < -0.4 is 5.73 Å². The number of hydrogen-bond donors (Lipinski definition) is 2. The van der Waals surface area contributed by atoms with Gasteiger partial charge >= 0.3 is 0 Å². The first-order valence-electron chi connectivity index (χ1n) is 6.84. The zero-order valence-electron chi connectivity index (χ0n) is 10.4. The second-order valence-electron chi connectivity index (χ2n) is 5.98. The van der Waals surface area contributed by atoms with E-state index in [0.717, 1.165) is 38.5 Å². The van der Waals surface area contributed by atoms with Gasteiger partial charge in [-0.2, -0.15) is 0 Å². The Morgan fingerprint density at radius 1 is 0.941 bits per heavy atom. The molecular formula is C13H23NO3. The van der Waals surface area contributed by atoms with Gasteiger partial charge in [-0.3, -0.25) is 0 Å². The van der Waals surface area contributed by atoms with Crippen LogP contribution in [0.15, 0.2) is 0 Å². The van der Waals surface area contributed by atoms with Gasteiger partial charge < -0.3 is 20.3 Å². The quantitative estimate of drug-likeness (QED) is 0.761. The predicted octanol–water partition coefficient (Wildman–Crippen LogP) is 1.16. The van der Waals surface area contributed by atoms with Crippen molar-refractivity contribution in [3.05, 3.63) is 0 Å². The predicted molar refractivity (Wildman–Crippen MR) is 63.4 cm³/mol. The Bertz CT molecular complexity index is 280. The minimum atomic E-state index is -0.583. The Hall–Kier alpha value is -0.160. The van der Waals surface area contributed by atoms with E-state index in [1.54, 1.807) is 0 Å². The van der Waals surface area contributed by atoms with E-state index in [1.165, 1.54) is 6.42 Å². The van der Waals surface area contributed by atoms with Gasteiger partial charge in [0.25, 0.3) is 0 Å². The molecule has 0 unspecified atom stereocenters. The van der Waals surface area contributed by atoms with Crippen LogP contribution >= 0.6 is 0 Å². The van der Waals surface area contributed by atoms with Crippen LogP contribution in [-0.4, -0.2) is 36.3 Å². The standard InChI is InChI=1S/C13H23NO3/c14-10-11(2-1-3-11)12(15)4-6-13(7-5-12)16-8-9-17-13/h15H,1-10,14H2. The third-order valence-electron chi connectivity index (χ3n) is 5.34. The van der Waals surface area contributed by atoms with Crippen molar-refractivity contribution in [2.75, 3.05) is 19.8 Å². The van der Waals surface area contributed by atoms with Gasteiger partial charge in [-0.1, -0.05) is 6.42 Å². The number of aliphatic hydroxyl groups is 1. The van der Waals surface area contributed by atoms with E-state index in [-0.39, 0.29) is 11.2 Å². The summed E-state index contributed by atoms with van der Waals surface area (Å²) in [4.78, 5) is 0. The van der Waals surface area contributed by atoms with Gasteiger partial charge in [0.1, 0.15) is 0 Å². The molecule has 3 rings (SSSR count). The van der Waals surface area contributed by atoms with Gasteiger partial charge in [-0.25, -0.2) is 0 Å². The minimum Gasteiger partial charge on any atom is -0.389 e. The zero-order valence-corrected chi connectivity index (χ0v) is 10.4. The molecule has 2 aliphatic carbocycles. The molecule has 3 aliphatic rings. The fourth-order valence-corrected chi connectivity index (χ4v) is 3.82. The molecule has 3 N–H and O–H groups in total. The first-order valence-corrected chi connectivity index (χ1v) is 6.84. The second kappa shape index (κ2) is 3.92. The summed E-state index contributed by atoms with van der Waals surface area (Å²) in [6, 6.07) is 0. The average molecular weight is 241 g/mol. The summed E-state index contributed by atoms with van der Waals surface area (Å²) in [6.45, 7) is 2.00. The SMILES string of the molecule is NCC1(C2(O)CCC3(CC2)OCCO3)CCC1. The molecule has 0 amide bonds. The topological polar surface area (TPSA) is 64.7 Å². The maximum atomic E-state index is 10.9. The molecule has 1 heterocycles. The molecule has 0 atom stereocenters. The Morgan fingerprint density at radius 2 is 1.53 bits per heavy atom. The van der Waals surface area contributed by atoms with Crippen molar-refractivity contribution in [2.45, 2.75) is 56.3 Å². The van der Waals surface area contributed by atoms with Crippen LogP contribution in [0.4, 0.5) is 0 Å². The van der Waals surface area contributed by atoms with Crippen molar-refractivity contribution < 1.29 is 14.6 Å². The molecule has 1 spiro atoms. The number of ether oxygens (including phenoxy) is 2. The maximum absolute atomic E-state index is 10.9. The highest BCUT2D eigenvalue weighted by atomic mass is 16.7. The smallest absolute Gasteiger partial charge is 0.168 e. The van der Waals surface area contributed by atoms with E-state index < -0.39 is 5.60 Å². The molecule has 0 radical (unpaired) electrons. The normalized spacial score (nSPS) is 33.5. The van der Waals surface area contributed by atoms with Crippen molar-refractivity contribution in [1.82, 2.24) is 0 Å². The lowest BCUT2D eigenvalue weighted by Crippen LogP contribution is -2.59. The zero-order chi connectivity index (χ0) is 12.0. The Morgan fingerprint density at radius 3 is 1.94 bits per heavy atom. The third kappa shape index (κ3) is 1.65. The summed E-state index contributed by atoms with van der Waals surface area (Å²) >= 11 is 0. The molecule has 17 heavy (non-hydrogen) atoms. The van der Waals surface area contributed by atoms with Crippen molar-refractivity contribution in [3.8, 4) is 0 Å². The molecule has 4 nitrogen and oxygen atoms in total. The molecule has 3 fully saturated rings. The van der Waals surface area contributed by atoms with Crippen LogP contribution in [0.5, 0.6) is 0 Å². The Kier molecular flexibility index (Phi) is 2.74. The molecule has 98 valence electrons. The van der Waals surface area contributed by atoms with E-state index >= 15 is 0 Å². The monoisotopic (exact) mass is 241 g/mol. The first-order chi connectivity index (χ1) is 8.14. The maximum Gasteiger partial charge on any atom is 0.168 e. The van der Waals surface area contributed by atoms with Crippen LogP contribution in [0, 0.1) is 5.41 Å². The first kappa shape index (κ1) is 11.9. The number of rotatable bonds is 2. The van der Waals surface area contributed by atoms with E-state index in [0.29, 0.717) is 19.8 Å².